The molecule has 98 valence electrons. The molecule has 2 heterocycles. The second-order valence-corrected chi connectivity index (χ2v) is 5.10. The normalized spacial score (nSPS) is 24.3. The predicted molar refractivity (Wildman–Crippen MR) is 61.5 cm³/mol. The van der Waals surface area contributed by atoms with E-state index in [1.807, 2.05) is 4.90 Å². The van der Waals surface area contributed by atoms with Crippen LogP contribution < -0.4 is 0 Å². The van der Waals surface area contributed by atoms with Crippen LogP contribution in [0.1, 0.15) is 43.3 Å². The van der Waals surface area contributed by atoms with E-state index in [2.05, 4.69) is 10.1 Å². The fourth-order valence-corrected chi connectivity index (χ4v) is 2.58. The van der Waals surface area contributed by atoms with Gasteiger partial charge in [0.2, 0.25) is 5.91 Å². The Balaban J connectivity index is 1.62. The number of rotatable bonds is 3. The van der Waals surface area contributed by atoms with E-state index < -0.39 is 0 Å². The fourth-order valence-electron chi connectivity index (χ4n) is 2.58. The summed E-state index contributed by atoms with van der Waals surface area (Å²) < 4.78 is 4.89. The van der Waals surface area contributed by atoms with Crippen LogP contribution in [0, 0.1) is 5.92 Å². The summed E-state index contributed by atoms with van der Waals surface area (Å²) in [5.74, 6) is 1.55. The minimum atomic E-state index is -0.232. The molecule has 0 bridgehead atoms. The summed E-state index contributed by atoms with van der Waals surface area (Å²) in [5.41, 5.74) is 0. The van der Waals surface area contributed by atoms with Gasteiger partial charge in [-0.1, -0.05) is 11.6 Å². The highest BCUT2D eigenvalue weighted by Gasteiger charge is 2.35. The number of aliphatic hydroxyl groups excluding tert-OH is 1. The summed E-state index contributed by atoms with van der Waals surface area (Å²) in [7, 11) is 0. The minimum Gasteiger partial charge on any atom is -0.387 e. The Morgan fingerprint density at radius 2 is 2.28 bits per heavy atom. The molecule has 1 aliphatic heterocycles. The maximum absolute atomic E-state index is 12.1. The fraction of sp³-hybridized carbons (Fsp3) is 0.750. The van der Waals surface area contributed by atoms with Crippen LogP contribution in [0.4, 0.5) is 0 Å². The van der Waals surface area contributed by atoms with E-state index in [4.69, 9.17) is 9.63 Å². The Labute approximate surface area is 105 Å². The van der Waals surface area contributed by atoms with Crippen molar-refractivity contribution in [2.45, 2.75) is 38.2 Å². The third kappa shape index (κ3) is 2.01. The van der Waals surface area contributed by atoms with Crippen LogP contribution in [0.5, 0.6) is 0 Å². The number of nitrogens with zero attached hydrogens (tertiary/aromatic N) is 3. The molecule has 1 atom stereocenters. The maximum atomic E-state index is 12.1. The van der Waals surface area contributed by atoms with E-state index in [1.165, 1.54) is 6.42 Å². The molecule has 2 fully saturated rings. The highest BCUT2D eigenvalue weighted by Crippen LogP contribution is 2.32. The van der Waals surface area contributed by atoms with Gasteiger partial charge in [-0.2, -0.15) is 4.98 Å². The number of likely N-dealkylation sites (tertiary alicyclic amines) is 1. The summed E-state index contributed by atoms with van der Waals surface area (Å²) in [6.45, 7) is 1.23. The van der Waals surface area contributed by atoms with E-state index in [0.29, 0.717) is 12.4 Å². The maximum Gasteiger partial charge on any atom is 0.252 e. The number of aliphatic hydroxyl groups is 1. The van der Waals surface area contributed by atoms with E-state index in [9.17, 15) is 4.79 Å². The molecular formula is C12H17N3O3. The van der Waals surface area contributed by atoms with Gasteiger partial charge in [0.25, 0.3) is 5.89 Å². The predicted octanol–water partition coefficient (Wildman–Crippen LogP) is 0.678. The molecule has 6 nitrogen and oxygen atoms in total. The van der Waals surface area contributed by atoms with Gasteiger partial charge in [-0.05, 0) is 19.3 Å². The van der Waals surface area contributed by atoms with Gasteiger partial charge >= 0.3 is 0 Å². The van der Waals surface area contributed by atoms with Crippen LogP contribution in [-0.2, 0) is 11.4 Å². The number of carbonyl (C=O) groups excluding carboxylic acids is 1. The first-order valence-electron chi connectivity index (χ1n) is 6.50. The highest BCUT2D eigenvalue weighted by atomic mass is 16.5. The van der Waals surface area contributed by atoms with E-state index in [1.54, 1.807) is 0 Å². The third-order valence-electron chi connectivity index (χ3n) is 3.94. The van der Waals surface area contributed by atoms with Gasteiger partial charge in [-0.15, -0.1) is 0 Å². The van der Waals surface area contributed by atoms with Crippen LogP contribution in [0.3, 0.4) is 0 Å². The van der Waals surface area contributed by atoms with Crippen molar-refractivity contribution >= 4 is 5.91 Å². The van der Waals surface area contributed by atoms with Crippen molar-refractivity contribution in [1.82, 2.24) is 15.0 Å². The lowest BCUT2D eigenvalue weighted by atomic mass is 9.84. The third-order valence-corrected chi connectivity index (χ3v) is 3.94. The number of hydrogen-bond donors (Lipinski definition) is 1. The van der Waals surface area contributed by atoms with Gasteiger partial charge in [0.1, 0.15) is 6.61 Å². The zero-order valence-corrected chi connectivity index (χ0v) is 10.2. The molecule has 18 heavy (non-hydrogen) atoms. The van der Waals surface area contributed by atoms with Crippen LogP contribution in [-0.4, -0.2) is 39.1 Å². The number of aromatic nitrogens is 2. The quantitative estimate of drug-likeness (QED) is 0.854. The Hall–Kier alpha value is -1.43. The van der Waals surface area contributed by atoms with Crippen molar-refractivity contribution in [3.63, 3.8) is 0 Å². The second kappa shape index (κ2) is 4.68. The lowest BCUT2D eigenvalue weighted by molar-refractivity contribution is -0.137. The summed E-state index contributed by atoms with van der Waals surface area (Å²) in [5, 5.41) is 12.7. The van der Waals surface area contributed by atoms with E-state index in [0.717, 1.165) is 25.8 Å². The second-order valence-electron chi connectivity index (χ2n) is 5.10. The summed E-state index contributed by atoms with van der Waals surface area (Å²) in [4.78, 5) is 18.1. The van der Waals surface area contributed by atoms with Crippen LogP contribution in [0.25, 0.3) is 0 Å². The Morgan fingerprint density at radius 1 is 1.44 bits per heavy atom. The van der Waals surface area contributed by atoms with Crippen molar-refractivity contribution in [2.75, 3.05) is 13.1 Å². The van der Waals surface area contributed by atoms with Crippen molar-refractivity contribution < 1.29 is 14.4 Å². The molecule has 1 saturated carbocycles. The number of amides is 1. The minimum absolute atomic E-state index is 0.151. The molecule has 0 aromatic carbocycles. The largest absolute Gasteiger partial charge is 0.387 e. The molecular weight excluding hydrogens is 234 g/mol. The summed E-state index contributed by atoms with van der Waals surface area (Å²) >= 11 is 0. The molecule has 1 amide bonds. The van der Waals surface area contributed by atoms with E-state index in [-0.39, 0.29) is 30.2 Å². The van der Waals surface area contributed by atoms with Gasteiger partial charge in [0.05, 0.1) is 0 Å². The molecule has 3 rings (SSSR count). The van der Waals surface area contributed by atoms with Gasteiger partial charge in [-0.3, -0.25) is 4.79 Å². The zero-order valence-electron chi connectivity index (χ0n) is 10.2. The highest BCUT2D eigenvalue weighted by molar-refractivity contribution is 5.79. The van der Waals surface area contributed by atoms with Gasteiger partial charge in [-0.25, -0.2) is 0 Å². The Kier molecular flexibility index (Phi) is 3.03. The standard InChI is InChI=1S/C12H17N3O3/c16-7-10-13-11(14-18-10)9-4-5-15(6-9)12(17)8-2-1-3-8/h8-9,16H,1-7H2. The van der Waals surface area contributed by atoms with Crippen LogP contribution >= 0.6 is 0 Å². The van der Waals surface area contributed by atoms with Crippen LogP contribution in [0.2, 0.25) is 0 Å². The summed E-state index contributed by atoms with van der Waals surface area (Å²) in [6.07, 6.45) is 4.13. The first kappa shape index (κ1) is 11.6. The van der Waals surface area contributed by atoms with Gasteiger partial charge in [0.15, 0.2) is 5.82 Å². The van der Waals surface area contributed by atoms with Gasteiger partial charge in [0, 0.05) is 24.9 Å². The topological polar surface area (TPSA) is 79.5 Å². The van der Waals surface area contributed by atoms with Crippen molar-refractivity contribution in [3.05, 3.63) is 11.7 Å². The average molecular weight is 251 g/mol. The molecule has 1 N–H and O–H groups in total. The molecule has 1 saturated heterocycles. The number of carbonyl (C=O) groups is 1. The van der Waals surface area contributed by atoms with E-state index >= 15 is 0 Å². The Bertz CT molecular complexity index is 442. The number of hydrogen-bond acceptors (Lipinski definition) is 5. The van der Waals surface area contributed by atoms with Crippen molar-refractivity contribution in [2.24, 2.45) is 5.92 Å². The lowest BCUT2D eigenvalue weighted by Crippen LogP contribution is -2.37. The molecule has 6 heteroatoms. The van der Waals surface area contributed by atoms with Crippen LogP contribution in [0.15, 0.2) is 4.52 Å². The molecule has 1 aliphatic carbocycles. The zero-order chi connectivity index (χ0) is 12.5. The lowest BCUT2D eigenvalue weighted by Gasteiger charge is -2.29. The first-order valence-corrected chi connectivity index (χ1v) is 6.50. The monoisotopic (exact) mass is 251 g/mol. The first-order chi connectivity index (χ1) is 8.78. The SMILES string of the molecule is O=C(C1CCC1)N1CCC(c2noc(CO)n2)C1. The van der Waals surface area contributed by atoms with Crippen molar-refractivity contribution in [1.29, 1.82) is 0 Å². The molecule has 1 aromatic heterocycles. The molecule has 0 spiro atoms. The molecule has 1 unspecified atom stereocenters. The van der Waals surface area contributed by atoms with Gasteiger partial charge < -0.3 is 14.5 Å². The molecule has 1 aromatic rings. The average Bonchev–Trinajstić information content (AvgIpc) is 2.95. The summed E-state index contributed by atoms with van der Waals surface area (Å²) in [6, 6.07) is 0. The molecule has 0 radical (unpaired) electrons. The van der Waals surface area contributed by atoms with Crippen molar-refractivity contribution in [3.8, 4) is 0 Å². The Morgan fingerprint density at radius 3 is 2.89 bits per heavy atom. The molecule has 2 aliphatic rings. The smallest absolute Gasteiger partial charge is 0.252 e.